The molecule has 0 spiro atoms. The molecule has 1 fully saturated rings. The van der Waals surface area contributed by atoms with Crippen LogP contribution in [0.5, 0.6) is 0 Å². The number of nitrogens with zero attached hydrogens (tertiary/aromatic N) is 2. The molecule has 0 amide bonds. The van der Waals surface area contributed by atoms with E-state index in [1.54, 1.807) is 19.2 Å². The van der Waals surface area contributed by atoms with Gasteiger partial charge in [0.2, 0.25) is 0 Å². The molecule has 0 aromatic heterocycles. The first-order valence-corrected chi connectivity index (χ1v) is 8.03. The second-order valence-corrected chi connectivity index (χ2v) is 5.70. The first-order valence-electron chi connectivity index (χ1n) is 7.65. The fourth-order valence-corrected chi connectivity index (χ4v) is 2.84. The predicted molar refractivity (Wildman–Crippen MR) is 87.8 cm³/mol. The lowest BCUT2D eigenvalue weighted by Crippen LogP contribution is -2.46. The maximum Gasteiger partial charge on any atom is 0.193 e. The Kier molecular flexibility index (Phi) is 6.46. The number of piperidine rings is 1. The Balaban J connectivity index is 1.86. The van der Waals surface area contributed by atoms with Gasteiger partial charge in [0.05, 0.1) is 11.1 Å². The summed E-state index contributed by atoms with van der Waals surface area (Å²) in [7, 11) is 1.77. The van der Waals surface area contributed by atoms with E-state index in [4.69, 9.17) is 16.3 Å². The molecule has 0 bridgehead atoms. The zero-order valence-electron chi connectivity index (χ0n) is 13.1. The lowest BCUT2D eigenvalue weighted by molar-refractivity contribution is 0.0263. The van der Waals surface area contributed by atoms with Gasteiger partial charge in [-0.15, -0.1) is 0 Å². The number of likely N-dealkylation sites (tertiary alicyclic amines) is 1. The molecule has 0 atom stereocenters. The van der Waals surface area contributed by atoms with Gasteiger partial charge in [0, 0.05) is 33.3 Å². The number of hydrogen-bond donors (Lipinski definition) is 1. The van der Waals surface area contributed by atoms with E-state index in [1.165, 1.54) is 6.07 Å². The summed E-state index contributed by atoms with van der Waals surface area (Å²) in [5, 5.41) is 3.45. The fourth-order valence-electron chi connectivity index (χ4n) is 2.63. The Hall–Kier alpha value is -1.33. The van der Waals surface area contributed by atoms with Crippen molar-refractivity contribution in [3.8, 4) is 0 Å². The molecule has 1 aliphatic rings. The van der Waals surface area contributed by atoms with Gasteiger partial charge in [-0.05, 0) is 37.5 Å². The third-order valence-corrected chi connectivity index (χ3v) is 4.08. The van der Waals surface area contributed by atoms with E-state index >= 15 is 0 Å². The number of aliphatic imine (C=N–C) groups is 1. The van der Waals surface area contributed by atoms with E-state index in [9.17, 15) is 4.39 Å². The molecule has 1 N–H and O–H groups in total. The minimum Gasteiger partial charge on any atom is -0.378 e. The van der Waals surface area contributed by atoms with Crippen LogP contribution in [-0.2, 0) is 11.3 Å². The number of hydrogen-bond acceptors (Lipinski definition) is 2. The Bertz CT molecular complexity index is 516. The van der Waals surface area contributed by atoms with Gasteiger partial charge < -0.3 is 15.0 Å². The minimum atomic E-state index is -0.396. The number of rotatable bonds is 4. The van der Waals surface area contributed by atoms with E-state index in [0.717, 1.165) is 44.1 Å². The number of ether oxygens (including phenoxy) is 1. The quantitative estimate of drug-likeness (QED) is 0.682. The molecule has 2 rings (SSSR count). The molecule has 1 heterocycles. The summed E-state index contributed by atoms with van der Waals surface area (Å²) in [5.41, 5.74) is 0.928. The molecule has 0 saturated carbocycles. The van der Waals surface area contributed by atoms with Crippen LogP contribution in [0.25, 0.3) is 0 Å². The topological polar surface area (TPSA) is 36.9 Å². The van der Waals surface area contributed by atoms with Gasteiger partial charge >= 0.3 is 0 Å². The zero-order chi connectivity index (χ0) is 15.9. The van der Waals surface area contributed by atoms with Crippen LogP contribution in [0.3, 0.4) is 0 Å². The maximum absolute atomic E-state index is 13.2. The number of guanidine groups is 1. The first-order chi connectivity index (χ1) is 10.6. The molecule has 1 saturated heterocycles. The van der Waals surface area contributed by atoms with Gasteiger partial charge in [-0.1, -0.05) is 17.7 Å². The molecule has 1 aromatic rings. The van der Waals surface area contributed by atoms with Crippen molar-refractivity contribution < 1.29 is 9.13 Å². The number of benzene rings is 1. The second kappa shape index (κ2) is 8.34. The van der Waals surface area contributed by atoms with E-state index < -0.39 is 5.82 Å². The summed E-state index contributed by atoms with van der Waals surface area (Å²) in [5.74, 6) is 0.461. The van der Waals surface area contributed by atoms with Gasteiger partial charge in [-0.3, -0.25) is 4.99 Å². The third-order valence-electron chi connectivity index (χ3n) is 3.79. The largest absolute Gasteiger partial charge is 0.378 e. The number of halogens is 2. The Morgan fingerprint density at radius 3 is 2.77 bits per heavy atom. The van der Waals surface area contributed by atoms with Crippen molar-refractivity contribution in [2.75, 3.05) is 26.7 Å². The van der Waals surface area contributed by atoms with Crippen LogP contribution >= 0.6 is 11.6 Å². The van der Waals surface area contributed by atoms with Crippen molar-refractivity contribution in [1.29, 1.82) is 0 Å². The monoisotopic (exact) mass is 327 g/mol. The highest BCUT2D eigenvalue weighted by Gasteiger charge is 2.21. The van der Waals surface area contributed by atoms with Crippen LogP contribution in [0.2, 0.25) is 5.02 Å². The molecule has 0 unspecified atom stereocenters. The van der Waals surface area contributed by atoms with Crippen LogP contribution < -0.4 is 5.32 Å². The molecule has 22 heavy (non-hydrogen) atoms. The van der Waals surface area contributed by atoms with E-state index in [1.807, 2.05) is 6.92 Å². The van der Waals surface area contributed by atoms with Crippen LogP contribution in [0.15, 0.2) is 23.2 Å². The lowest BCUT2D eigenvalue weighted by atomic mass is 10.1. The predicted octanol–water partition coefficient (Wildman–Crippen LogP) is 3.06. The smallest absolute Gasteiger partial charge is 0.193 e. The van der Waals surface area contributed by atoms with E-state index in [0.29, 0.717) is 12.6 Å². The van der Waals surface area contributed by atoms with Gasteiger partial charge in [-0.25, -0.2) is 4.39 Å². The van der Waals surface area contributed by atoms with Crippen molar-refractivity contribution in [2.24, 2.45) is 4.99 Å². The van der Waals surface area contributed by atoms with Gasteiger partial charge in [0.15, 0.2) is 5.96 Å². The third kappa shape index (κ3) is 4.58. The fraction of sp³-hybridized carbons (Fsp3) is 0.562. The summed E-state index contributed by atoms with van der Waals surface area (Å²) < 4.78 is 18.8. The molecule has 0 radical (unpaired) electrons. The molecule has 0 aliphatic carbocycles. The van der Waals surface area contributed by atoms with Crippen LogP contribution in [0.4, 0.5) is 4.39 Å². The molecule has 4 nitrogen and oxygen atoms in total. The highest BCUT2D eigenvalue weighted by molar-refractivity contribution is 6.30. The molecule has 1 aliphatic heterocycles. The summed E-state index contributed by atoms with van der Waals surface area (Å²) in [6.07, 6.45) is 2.38. The van der Waals surface area contributed by atoms with Crippen molar-refractivity contribution in [2.45, 2.75) is 32.4 Å². The first kappa shape index (κ1) is 17.0. The summed E-state index contributed by atoms with van der Waals surface area (Å²) in [6.45, 7) is 5.21. The van der Waals surface area contributed by atoms with Crippen LogP contribution in [-0.4, -0.2) is 43.7 Å². The summed E-state index contributed by atoms with van der Waals surface area (Å²) in [6, 6.07) is 4.75. The summed E-state index contributed by atoms with van der Waals surface area (Å²) in [4.78, 5) is 6.54. The van der Waals surface area contributed by atoms with Gasteiger partial charge in [0.25, 0.3) is 0 Å². The van der Waals surface area contributed by atoms with Crippen molar-refractivity contribution in [1.82, 2.24) is 10.2 Å². The van der Waals surface area contributed by atoms with Crippen molar-refractivity contribution in [3.05, 3.63) is 34.6 Å². The SMILES string of the molecule is CCOC1CCN(C(=NC)NCc2ccc(F)c(Cl)c2)CC1. The molecular weight excluding hydrogens is 305 g/mol. The number of nitrogens with one attached hydrogen (secondary N) is 1. The van der Waals surface area contributed by atoms with Crippen LogP contribution in [0.1, 0.15) is 25.3 Å². The van der Waals surface area contributed by atoms with E-state index in [2.05, 4.69) is 15.2 Å². The van der Waals surface area contributed by atoms with Gasteiger partial charge in [-0.2, -0.15) is 0 Å². The standard InChI is InChI=1S/C16H23ClFN3O/c1-3-22-13-6-8-21(9-7-13)16(19-2)20-11-12-4-5-15(18)14(17)10-12/h4-5,10,13H,3,6-9,11H2,1-2H3,(H,19,20). The second-order valence-electron chi connectivity index (χ2n) is 5.29. The normalized spacial score (nSPS) is 16.9. The maximum atomic E-state index is 13.2. The molecule has 122 valence electrons. The molecular formula is C16H23ClFN3O. The van der Waals surface area contributed by atoms with Gasteiger partial charge in [0.1, 0.15) is 5.82 Å². The van der Waals surface area contributed by atoms with E-state index in [-0.39, 0.29) is 5.02 Å². The van der Waals surface area contributed by atoms with Crippen molar-refractivity contribution >= 4 is 17.6 Å². The molecule has 6 heteroatoms. The average molecular weight is 328 g/mol. The van der Waals surface area contributed by atoms with Crippen LogP contribution in [0, 0.1) is 5.82 Å². The lowest BCUT2D eigenvalue weighted by Gasteiger charge is -2.34. The Morgan fingerprint density at radius 1 is 1.45 bits per heavy atom. The average Bonchev–Trinajstić information content (AvgIpc) is 2.53. The minimum absolute atomic E-state index is 0.145. The molecule has 1 aromatic carbocycles. The Labute approximate surface area is 136 Å². The summed E-state index contributed by atoms with van der Waals surface area (Å²) >= 11 is 5.80. The highest BCUT2D eigenvalue weighted by Crippen LogP contribution is 2.16. The van der Waals surface area contributed by atoms with Crippen molar-refractivity contribution in [3.63, 3.8) is 0 Å². The zero-order valence-corrected chi connectivity index (χ0v) is 13.9. The Morgan fingerprint density at radius 2 is 2.18 bits per heavy atom. The highest BCUT2D eigenvalue weighted by atomic mass is 35.5.